The molecule has 194 valence electrons. The van der Waals surface area contributed by atoms with Gasteiger partial charge in [-0.25, -0.2) is 0 Å². The van der Waals surface area contributed by atoms with E-state index in [1.807, 2.05) is 0 Å². The maximum atomic E-state index is 12.5. The van der Waals surface area contributed by atoms with Gasteiger partial charge in [0.1, 0.15) is 0 Å². The van der Waals surface area contributed by atoms with Crippen molar-refractivity contribution in [3.05, 3.63) is 11.6 Å². The molecule has 0 radical (unpaired) electrons. The molecule has 0 saturated heterocycles. The van der Waals surface area contributed by atoms with E-state index in [0.717, 1.165) is 36.5 Å². The predicted molar refractivity (Wildman–Crippen MR) is 153 cm³/mol. The Labute approximate surface area is 223 Å². The van der Waals surface area contributed by atoms with Crippen molar-refractivity contribution >= 4 is 32.8 Å². The molecule has 3 saturated carbocycles. The highest BCUT2D eigenvalue weighted by Crippen LogP contribution is 2.67. The van der Waals surface area contributed by atoms with Gasteiger partial charge >= 0.3 is 0 Å². The van der Waals surface area contributed by atoms with E-state index in [-0.39, 0.29) is 4.83 Å². The summed E-state index contributed by atoms with van der Waals surface area (Å²) >= 11 is 5.21. The molecule has 8 atom stereocenters. The maximum absolute atomic E-state index is 12.5. The van der Waals surface area contributed by atoms with E-state index in [9.17, 15) is 4.79 Å². The number of rotatable bonds is 10. The number of carbonyl (C=O) groups is 1. The lowest BCUT2D eigenvalue weighted by molar-refractivity contribution is -0.110. The Balaban J connectivity index is 1.37. The standard InChI is InChI=1S/C31H51BrOS/c1-5-7-8-9-10-11-12-22-14-16-26-25-15-13-23-21-24(34-29(33)28(32)6-2)17-19-31(23,4)27(25)18-20-30(22,26)3/h13,22,24-28H,5-12,14-21H2,1-4H3/t22-,24-,25+,26+,27+,28+,30+,31-/m0/s1. The molecule has 34 heavy (non-hydrogen) atoms. The van der Waals surface area contributed by atoms with Crippen LogP contribution < -0.4 is 0 Å². The third-order valence-corrected chi connectivity index (χ3v) is 13.7. The van der Waals surface area contributed by atoms with Crippen LogP contribution in [-0.2, 0) is 4.79 Å². The Morgan fingerprint density at radius 3 is 2.56 bits per heavy atom. The number of hydrogen-bond donors (Lipinski definition) is 0. The summed E-state index contributed by atoms with van der Waals surface area (Å²) in [7, 11) is 0. The predicted octanol–water partition coefficient (Wildman–Crippen LogP) is 10.1. The quantitative estimate of drug-likeness (QED) is 0.153. The fourth-order valence-electron chi connectivity index (χ4n) is 8.89. The zero-order chi connectivity index (χ0) is 24.3. The van der Waals surface area contributed by atoms with Crippen molar-refractivity contribution in [3.8, 4) is 0 Å². The van der Waals surface area contributed by atoms with Crippen LogP contribution in [0.2, 0.25) is 0 Å². The third kappa shape index (κ3) is 5.41. The molecular formula is C31H51BrOS. The van der Waals surface area contributed by atoms with E-state index in [1.54, 1.807) is 17.3 Å². The minimum Gasteiger partial charge on any atom is -0.286 e. The van der Waals surface area contributed by atoms with Gasteiger partial charge in [0.05, 0.1) is 4.83 Å². The van der Waals surface area contributed by atoms with Gasteiger partial charge in [-0.1, -0.05) is 106 Å². The summed E-state index contributed by atoms with van der Waals surface area (Å²) in [5.74, 6) is 3.74. The molecule has 1 nitrogen and oxygen atoms in total. The third-order valence-electron chi connectivity index (χ3n) is 11.1. The monoisotopic (exact) mass is 550 g/mol. The number of thioether (sulfide) groups is 1. The molecule has 4 aliphatic rings. The lowest BCUT2D eigenvalue weighted by Crippen LogP contribution is -2.50. The molecule has 0 aromatic heterocycles. The second-order valence-corrected chi connectivity index (χ2v) is 15.2. The lowest BCUT2D eigenvalue weighted by atomic mass is 9.47. The molecule has 0 aliphatic heterocycles. The zero-order valence-electron chi connectivity index (χ0n) is 22.5. The van der Waals surface area contributed by atoms with Crippen LogP contribution in [0, 0.1) is 34.5 Å². The van der Waals surface area contributed by atoms with Crippen molar-refractivity contribution < 1.29 is 4.79 Å². The van der Waals surface area contributed by atoms with Crippen molar-refractivity contribution in [1.29, 1.82) is 0 Å². The first-order valence-electron chi connectivity index (χ1n) is 14.9. The van der Waals surface area contributed by atoms with Gasteiger partial charge in [-0.15, -0.1) is 0 Å². The number of unbranched alkanes of at least 4 members (excludes halogenated alkanes) is 5. The van der Waals surface area contributed by atoms with Gasteiger partial charge in [0.2, 0.25) is 5.12 Å². The first-order chi connectivity index (χ1) is 16.3. The number of fused-ring (bicyclic) bond motifs is 5. The molecule has 3 heteroatoms. The Bertz CT molecular complexity index is 733. The Kier molecular flexibility index (Phi) is 9.42. The fraction of sp³-hybridized carbons (Fsp3) is 0.903. The normalized spacial score (nSPS) is 40.1. The average Bonchev–Trinajstić information content (AvgIpc) is 3.17. The van der Waals surface area contributed by atoms with Crippen LogP contribution in [0.15, 0.2) is 11.6 Å². The molecule has 0 unspecified atom stereocenters. The molecule has 0 bridgehead atoms. The van der Waals surface area contributed by atoms with Gasteiger partial charge in [-0.2, -0.15) is 0 Å². The lowest BCUT2D eigenvalue weighted by Gasteiger charge is -2.58. The average molecular weight is 552 g/mol. The van der Waals surface area contributed by atoms with Crippen molar-refractivity contribution in [2.45, 2.75) is 141 Å². The largest absolute Gasteiger partial charge is 0.286 e. The van der Waals surface area contributed by atoms with Crippen LogP contribution in [0.1, 0.15) is 130 Å². The first kappa shape index (κ1) is 27.3. The van der Waals surface area contributed by atoms with E-state index in [0.29, 0.717) is 21.2 Å². The summed E-state index contributed by atoms with van der Waals surface area (Å²) in [6, 6.07) is 0. The minimum atomic E-state index is 0.0261. The van der Waals surface area contributed by atoms with Crippen LogP contribution in [0.4, 0.5) is 0 Å². The topological polar surface area (TPSA) is 17.1 Å². The fourth-order valence-corrected chi connectivity index (χ4v) is 10.4. The zero-order valence-corrected chi connectivity index (χ0v) is 25.0. The van der Waals surface area contributed by atoms with Crippen molar-refractivity contribution in [2.24, 2.45) is 34.5 Å². The molecule has 4 rings (SSSR count). The van der Waals surface area contributed by atoms with Crippen LogP contribution in [0.25, 0.3) is 0 Å². The van der Waals surface area contributed by atoms with Crippen LogP contribution in [-0.4, -0.2) is 15.2 Å². The van der Waals surface area contributed by atoms with Crippen LogP contribution in [0.5, 0.6) is 0 Å². The Morgan fingerprint density at radius 1 is 1.03 bits per heavy atom. The van der Waals surface area contributed by atoms with Crippen molar-refractivity contribution in [2.75, 3.05) is 0 Å². The highest BCUT2D eigenvalue weighted by Gasteiger charge is 2.58. The van der Waals surface area contributed by atoms with E-state index in [2.05, 4.69) is 49.7 Å². The summed E-state index contributed by atoms with van der Waals surface area (Å²) in [5, 5.41) is 0.846. The highest BCUT2D eigenvalue weighted by molar-refractivity contribution is 9.10. The van der Waals surface area contributed by atoms with E-state index in [4.69, 9.17) is 0 Å². The van der Waals surface area contributed by atoms with E-state index in [1.165, 1.54) is 89.9 Å². The summed E-state index contributed by atoms with van der Waals surface area (Å²) in [5.41, 5.74) is 2.73. The molecule has 0 aromatic carbocycles. The molecule has 3 fully saturated rings. The molecule has 0 spiro atoms. The molecule has 0 amide bonds. The molecular weight excluding hydrogens is 500 g/mol. The number of alkyl halides is 1. The number of carbonyl (C=O) groups excluding carboxylic acids is 1. The van der Waals surface area contributed by atoms with Crippen LogP contribution in [0.3, 0.4) is 0 Å². The summed E-state index contributed by atoms with van der Waals surface area (Å²) < 4.78 is 0. The number of halogens is 1. The van der Waals surface area contributed by atoms with Gasteiger partial charge in [-0.05, 0) is 98.7 Å². The Morgan fingerprint density at radius 2 is 1.79 bits per heavy atom. The summed E-state index contributed by atoms with van der Waals surface area (Å²) in [6.07, 6.45) is 24.6. The summed E-state index contributed by atoms with van der Waals surface area (Å²) in [4.78, 5) is 12.6. The Hall–Kier alpha value is 0.240. The SMILES string of the molecule is CCCCCCCC[C@H]1CC[C@@H]2[C@H]3CC=C4C[C@@H](SC(=O)[C@H](Br)CC)CC[C@]4(C)[C@@H]3CC[C@]12C. The number of allylic oxidation sites excluding steroid dienone is 2. The van der Waals surface area contributed by atoms with Gasteiger partial charge in [0.25, 0.3) is 0 Å². The molecule has 0 N–H and O–H groups in total. The summed E-state index contributed by atoms with van der Waals surface area (Å²) in [6.45, 7) is 9.73. The molecule has 0 aromatic rings. The van der Waals surface area contributed by atoms with E-state index >= 15 is 0 Å². The van der Waals surface area contributed by atoms with Gasteiger partial charge in [0.15, 0.2) is 0 Å². The maximum Gasteiger partial charge on any atom is 0.202 e. The second kappa shape index (κ2) is 11.7. The van der Waals surface area contributed by atoms with Gasteiger partial charge in [0, 0.05) is 5.25 Å². The number of hydrogen-bond acceptors (Lipinski definition) is 2. The molecule has 4 aliphatic carbocycles. The van der Waals surface area contributed by atoms with E-state index < -0.39 is 0 Å². The smallest absolute Gasteiger partial charge is 0.202 e. The van der Waals surface area contributed by atoms with Crippen LogP contribution >= 0.6 is 27.7 Å². The van der Waals surface area contributed by atoms with Gasteiger partial charge in [-0.3, -0.25) is 4.79 Å². The highest BCUT2D eigenvalue weighted by atomic mass is 79.9. The van der Waals surface area contributed by atoms with Crippen molar-refractivity contribution in [3.63, 3.8) is 0 Å². The second-order valence-electron chi connectivity index (χ2n) is 12.8. The first-order valence-corrected chi connectivity index (χ1v) is 16.7. The van der Waals surface area contributed by atoms with Crippen molar-refractivity contribution in [1.82, 2.24) is 0 Å². The van der Waals surface area contributed by atoms with Gasteiger partial charge < -0.3 is 0 Å². The minimum absolute atomic E-state index is 0.0261. The molecule has 0 heterocycles.